The first kappa shape index (κ1) is 55.4. The number of phosphoric acid groups is 1. The monoisotopic (exact) mass is 830 g/mol. The van der Waals surface area contributed by atoms with E-state index in [4.69, 9.17) is 9.05 Å². The maximum Gasteiger partial charge on any atom is 0.472 e. The van der Waals surface area contributed by atoms with Crippen molar-refractivity contribution < 1.29 is 32.9 Å². The number of aliphatic hydroxyl groups excluding tert-OH is 1. The van der Waals surface area contributed by atoms with Crippen LogP contribution >= 0.6 is 7.82 Å². The van der Waals surface area contributed by atoms with Gasteiger partial charge in [0.15, 0.2) is 0 Å². The van der Waals surface area contributed by atoms with Gasteiger partial charge in [-0.1, -0.05) is 169 Å². The lowest BCUT2D eigenvalue weighted by molar-refractivity contribution is -0.870. The smallest absolute Gasteiger partial charge is 0.387 e. The maximum absolute atomic E-state index is 12.8. The molecular weight excluding hydrogens is 744 g/mol. The summed E-state index contributed by atoms with van der Waals surface area (Å²) in [7, 11) is 1.53. The fourth-order valence-corrected chi connectivity index (χ4v) is 6.45. The Labute approximate surface area is 356 Å². The highest BCUT2D eigenvalue weighted by molar-refractivity contribution is 7.47. The quantitative estimate of drug-likeness (QED) is 0.0247. The Morgan fingerprint density at radius 2 is 1.05 bits per heavy atom. The largest absolute Gasteiger partial charge is 0.472 e. The van der Waals surface area contributed by atoms with Gasteiger partial charge < -0.3 is 19.8 Å². The van der Waals surface area contributed by atoms with Crippen molar-refractivity contribution in [3.8, 4) is 0 Å². The normalized spacial score (nSPS) is 15.2. The van der Waals surface area contributed by atoms with Gasteiger partial charge in [0, 0.05) is 6.42 Å². The molecule has 0 radical (unpaired) electrons. The molecule has 0 aromatic rings. The van der Waals surface area contributed by atoms with Crippen molar-refractivity contribution in [3.05, 3.63) is 97.2 Å². The molecule has 0 heterocycles. The van der Waals surface area contributed by atoms with Crippen molar-refractivity contribution in [1.82, 2.24) is 5.32 Å². The fraction of sp³-hybridized carbons (Fsp3) is 0.653. The predicted octanol–water partition coefficient (Wildman–Crippen LogP) is 12.7. The molecule has 0 fully saturated rings. The molecule has 0 aliphatic rings. The van der Waals surface area contributed by atoms with Crippen LogP contribution in [0.15, 0.2) is 97.2 Å². The average molecular weight is 830 g/mol. The van der Waals surface area contributed by atoms with Crippen molar-refractivity contribution in [2.24, 2.45) is 0 Å². The molecule has 9 heteroatoms. The van der Waals surface area contributed by atoms with E-state index in [1.54, 1.807) is 6.08 Å². The van der Waals surface area contributed by atoms with Crippen LogP contribution < -0.4 is 5.32 Å². The number of aliphatic hydroxyl groups is 1. The van der Waals surface area contributed by atoms with Crippen LogP contribution in [0.4, 0.5) is 0 Å². The summed E-state index contributed by atoms with van der Waals surface area (Å²) in [6.45, 7) is 4.53. The molecule has 8 nitrogen and oxygen atoms in total. The molecule has 0 bridgehead atoms. The Hall–Kier alpha value is -2.58. The van der Waals surface area contributed by atoms with Crippen molar-refractivity contribution in [2.45, 2.75) is 167 Å². The Bertz CT molecular complexity index is 1260. The predicted molar refractivity (Wildman–Crippen MR) is 249 cm³/mol. The van der Waals surface area contributed by atoms with Crippen molar-refractivity contribution in [2.75, 3.05) is 40.9 Å². The van der Waals surface area contributed by atoms with Crippen LogP contribution in [0.3, 0.4) is 0 Å². The van der Waals surface area contributed by atoms with E-state index in [0.717, 1.165) is 89.9 Å². The summed E-state index contributed by atoms with van der Waals surface area (Å²) in [5.41, 5.74) is 0. The summed E-state index contributed by atoms with van der Waals surface area (Å²) in [4.78, 5) is 23.0. The SMILES string of the molecule is CC/C=C\C/C=C\C/C=C\C/C=C\C/C=C\C/C=C\CCCCCCCCCCCCC(=O)NC(COP(=O)(O)OCC[N+](C)(C)C)C(O)/C=C/CC/C=C/CCC. The van der Waals surface area contributed by atoms with E-state index < -0.39 is 20.0 Å². The summed E-state index contributed by atoms with van der Waals surface area (Å²) in [5, 5.41) is 13.7. The second-order valence-corrected chi connectivity index (χ2v) is 17.5. The molecular formula is C49H86N2O6P+. The highest BCUT2D eigenvalue weighted by Gasteiger charge is 2.27. The van der Waals surface area contributed by atoms with E-state index in [9.17, 15) is 19.4 Å². The number of rotatable bonds is 39. The lowest BCUT2D eigenvalue weighted by atomic mass is 10.0. The zero-order chi connectivity index (χ0) is 42.8. The molecule has 0 rings (SSSR count). The second kappa shape index (κ2) is 39.9. The number of likely N-dealkylation sites (N-methyl/N-ethyl adjacent to an activating group) is 1. The van der Waals surface area contributed by atoms with Crippen LogP contribution in [0.2, 0.25) is 0 Å². The van der Waals surface area contributed by atoms with Gasteiger partial charge in [0.2, 0.25) is 5.91 Å². The van der Waals surface area contributed by atoms with Gasteiger partial charge >= 0.3 is 7.82 Å². The number of allylic oxidation sites excluding steroid dienone is 15. The molecule has 0 aliphatic carbocycles. The van der Waals surface area contributed by atoms with E-state index in [1.165, 1.54) is 44.9 Å². The van der Waals surface area contributed by atoms with Crippen LogP contribution in [0.5, 0.6) is 0 Å². The molecule has 0 aromatic heterocycles. The third kappa shape index (κ3) is 41.6. The molecule has 0 aliphatic heterocycles. The Balaban J connectivity index is 4.12. The van der Waals surface area contributed by atoms with Crippen LogP contribution in [-0.2, 0) is 18.4 Å². The zero-order valence-corrected chi connectivity index (χ0v) is 38.4. The summed E-state index contributed by atoms with van der Waals surface area (Å²) >= 11 is 0. The maximum atomic E-state index is 12.8. The summed E-state index contributed by atoms with van der Waals surface area (Å²) in [6.07, 6.45) is 56.6. The number of hydrogen-bond acceptors (Lipinski definition) is 5. The summed E-state index contributed by atoms with van der Waals surface area (Å²) < 4.78 is 23.4. The third-order valence-electron chi connectivity index (χ3n) is 9.27. The highest BCUT2D eigenvalue weighted by Crippen LogP contribution is 2.43. The molecule has 58 heavy (non-hydrogen) atoms. The van der Waals surface area contributed by atoms with Gasteiger partial charge in [0.05, 0.1) is 39.9 Å². The minimum absolute atomic E-state index is 0.0496. The van der Waals surface area contributed by atoms with Crippen LogP contribution in [0.1, 0.15) is 155 Å². The van der Waals surface area contributed by atoms with Crippen molar-refractivity contribution >= 4 is 13.7 Å². The molecule has 3 unspecified atom stereocenters. The van der Waals surface area contributed by atoms with Gasteiger partial charge in [0.25, 0.3) is 0 Å². The van der Waals surface area contributed by atoms with E-state index in [0.29, 0.717) is 17.4 Å². The molecule has 0 aromatic carbocycles. The number of unbranched alkanes of at least 4 members (excludes halogenated alkanes) is 12. The molecule has 1 amide bonds. The third-order valence-corrected chi connectivity index (χ3v) is 10.3. The molecule has 3 N–H and O–H groups in total. The highest BCUT2D eigenvalue weighted by atomic mass is 31.2. The standard InChI is InChI=1S/C49H85N2O6P/c1-6-8-10-12-14-15-16-17-18-19-20-21-22-23-24-25-26-27-28-29-30-31-32-33-34-35-37-39-41-43-49(53)50-47(48(52)42-40-38-36-13-11-9-7-2)46-57-58(54,55)56-45-44-51(3,4)5/h8,10-11,13-15,17-18,20-21,23-24,26-27,40,42,47-48,52H,6-7,9,12,16,19,22,25,28-39,41,43-46H2,1-5H3,(H-,50,53,54,55)/p+1/b10-8-,13-11+,15-14-,18-17-,21-20-,24-23-,27-26-,42-40+. The van der Waals surface area contributed by atoms with Gasteiger partial charge in [0.1, 0.15) is 13.2 Å². The first-order valence-corrected chi connectivity index (χ1v) is 24.1. The van der Waals surface area contributed by atoms with Crippen LogP contribution in [0.25, 0.3) is 0 Å². The van der Waals surface area contributed by atoms with Gasteiger partial charge in [-0.25, -0.2) is 4.57 Å². The molecule has 332 valence electrons. The fourth-order valence-electron chi connectivity index (χ4n) is 5.71. The first-order valence-electron chi connectivity index (χ1n) is 22.6. The van der Waals surface area contributed by atoms with Gasteiger partial charge in [-0.05, 0) is 77.0 Å². The van der Waals surface area contributed by atoms with E-state index in [1.807, 2.05) is 27.2 Å². The molecule has 0 saturated carbocycles. The number of quaternary nitrogens is 1. The van der Waals surface area contributed by atoms with Crippen LogP contribution in [-0.4, -0.2) is 73.4 Å². The van der Waals surface area contributed by atoms with Crippen molar-refractivity contribution in [1.29, 1.82) is 0 Å². The number of nitrogens with zero attached hydrogens (tertiary/aromatic N) is 1. The number of hydrogen-bond donors (Lipinski definition) is 3. The minimum atomic E-state index is -4.34. The second-order valence-electron chi connectivity index (χ2n) is 16.0. The number of phosphoric ester groups is 1. The molecule has 0 spiro atoms. The van der Waals surface area contributed by atoms with E-state index >= 15 is 0 Å². The average Bonchev–Trinajstić information content (AvgIpc) is 3.17. The first-order chi connectivity index (χ1) is 28.0. The molecule has 3 atom stereocenters. The van der Waals surface area contributed by atoms with E-state index in [2.05, 4.69) is 104 Å². The number of carbonyl (C=O) groups excluding carboxylic acids is 1. The molecule has 0 saturated heterocycles. The lowest BCUT2D eigenvalue weighted by Crippen LogP contribution is -2.45. The summed E-state index contributed by atoms with van der Waals surface area (Å²) in [6, 6.07) is -0.868. The Kier molecular flexibility index (Phi) is 38.1. The summed E-state index contributed by atoms with van der Waals surface area (Å²) in [5.74, 6) is -0.203. The number of amides is 1. The van der Waals surface area contributed by atoms with E-state index in [-0.39, 0.29) is 19.1 Å². The van der Waals surface area contributed by atoms with Crippen molar-refractivity contribution in [3.63, 3.8) is 0 Å². The Morgan fingerprint density at radius 3 is 1.57 bits per heavy atom. The topological polar surface area (TPSA) is 105 Å². The van der Waals surface area contributed by atoms with Gasteiger partial charge in [-0.2, -0.15) is 0 Å². The zero-order valence-electron chi connectivity index (χ0n) is 37.5. The number of carbonyl (C=O) groups is 1. The lowest BCUT2D eigenvalue weighted by Gasteiger charge is -2.25. The number of nitrogens with one attached hydrogen (secondary N) is 1. The minimum Gasteiger partial charge on any atom is -0.387 e. The Morgan fingerprint density at radius 1 is 0.603 bits per heavy atom. The van der Waals surface area contributed by atoms with Gasteiger partial charge in [-0.3, -0.25) is 13.8 Å². The van der Waals surface area contributed by atoms with Gasteiger partial charge in [-0.15, -0.1) is 0 Å². The van der Waals surface area contributed by atoms with Crippen LogP contribution in [0, 0.1) is 0 Å².